The number of fused-ring (bicyclic) bond motifs is 1. The summed E-state index contributed by atoms with van der Waals surface area (Å²) < 4.78 is 2.77. The molecule has 1 amide bonds. The van der Waals surface area contributed by atoms with Crippen molar-refractivity contribution in [1.82, 2.24) is 19.6 Å². The summed E-state index contributed by atoms with van der Waals surface area (Å²) in [6.45, 7) is 3.53. The first kappa shape index (κ1) is 18.9. The Morgan fingerprint density at radius 2 is 1.83 bits per heavy atom. The number of hydrogen-bond donors (Lipinski definition) is 1. The number of para-hydroxylation sites is 1. The zero-order chi connectivity index (χ0) is 20.5. The maximum Gasteiger partial charge on any atom is 0.293 e. The van der Waals surface area contributed by atoms with Crippen LogP contribution in [0, 0.1) is 13.8 Å². The quantitative estimate of drug-likeness (QED) is 0.561. The number of aryl methyl sites for hydroxylation is 2. The molecular formula is C21H18ClN5O2. The molecule has 0 aliphatic heterocycles. The number of anilines is 1. The van der Waals surface area contributed by atoms with Crippen LogP contribution in [0.2, 0.25) is 5.02 Å². The third-order valence-electron chi connectivity index (χ3n) is 4.63. The van der Waals surface area contributed by atoms with Gasteiger partial charge in [-0.1, -0.05) is 29.8 Å². The highest BCUT2D eigenvalue weighted by molar-refractivity contribution is 6.30. The fraction of sp³-hybridized carbons (Fsp3) is 0.143. The number of carbonyl (C=O) groups is 1. The predicted molar refractivity (Wildman–Crippen MR) is 113 cm³/mol. The molecule has 0 aliphatic rings. The molecule has 1 N–H and O–H groups in total. The van der Waals surface area contributed by atoms with Gasteiger partial charge >= 0.3 is 0 Å². The molecule has 0 aliphatic carbocycles. The maximum atomic E-state index is 13.1. The lowest BCUT2D eigenvalue weighted by atomic mass is 10.2. The first-order valence-corrected chi connectivity index (χ1v) is 9.38. The number of hydrogen-bond acceptors (Lipinski definition) is 4. The number of amides is 1. The smallest absolute Gasteiger partial charge is 0.293 e. The van der Waals surface area contributed by atoms with Gasteiger partial charge in [0.05, 0.1) is 17.6 Å². The Morgan fingerprint density at radius 3 is 2.55 bits per heavy atom. The molecular weight excluding hydrogens is 390 g/mol. The van der Waals surface area contributed by atoms with E-state index in [2.05, 4.69) is 15.5 Å². The summed E-state index contributed by atoms with van der Waals surface area (Å²) in [5.74, 6) is -0.359. The van der Waals surface area contributed by atoms with Crippen LogP contribution in [0.3, 0.4) is 0 Å². The van der Waals surface area contributed by atoms with Crippen LogP contribution in [0.5, 0.6) is 0 Å². The molecule has 4 aromatic rings. The minimum absolute atomic E-state index is 0.211. The van der Waals surface area contributed by atoms with Crippen molar-refractivity contribution in [2.45, 2.75) is 20.4 Å². The molecule has 0 saturated heterocycles. The minimum atomic E-state index is -0.377. The number of aromatic nitrogens is 4. The first-order valence-electron chi connectivity index (χ1n) is 9.01. The zero-order valence-electron chi connectivity index (χ0n) is 15.9. The summed E-state index contributed by atoms with van der Waals surface area (Å²) in [5, 5.41) is 12.7. The van der Waals surface area contributed by atoms with E-state index in [0.717, 1.165) is 11.3 Å². The molecule has 0 radical (unpaired) electrons. The molecule has 7 nitrogen and oxygen atoms in total. The van der Waals surface area contributed by atoms with Crippen LogP contribution in [0.25, 0.3) is 16.6 Å². The molecule has 146 valence electrons. The van der Waals surface area contributed by atoms with Gasteiger partial charge in [0.2, 0.25) is 5.91 Å². The Morgan fingerprint density at radius 1 is 1.10 bits per heavy atom. The second-order valence-electron chi connectivity index (χ2n) is 6.71. The summed E-state index contributed by atoms with van der Waals surface area (Å²) in [6, 6.07) is 14.4. The Balaban J connectivity index is 1.72. The lowest BCUT2D eigenvalue weighted by molar-refractivity contribution is -0.117. The van der Waals surface area contributed by atoms with Crippen LogP contribution >= 0.6 is 11.6 Å². The van der Waals surface area contributed by atoms with Gasteiger partial charge in [0.25, 0.3) is 5.56 Å². The van der Waals surface area contributed by atoms with E-state index in [4.69, 9.17) is 11.6 Å². The van der Waals surface area contributed by atoms with Crippen LogP contribution in [0.15, 0.2) is 59.5 Å². The SMILES string of the molecule is Cc1ccccc1-n1ncc2c(C)nn(CC(=O)Nc3ccc(Cl)cc3)c(=O)c21. The third-order valence-corrected chi connectivity index (χ3v) is 4.88. The minimum Gasteiger partial charge on any atom is -0.324 e. The average molecular weight is 408 g/mol. The summed E-state index contributed by atoms with van der Waals surface area (Å²) in [7, 11) is 0. The van der Waals surface area contributed by atoms with Crippen molar-refractivity contribution in [2.24, 2.45) is 0 Å². The van der Waals surface area contributed by atoms with Crippen LogP contribution in [-0.4, -0.2) is 25.5 Å². The normalized spacial score (nSPS) is 11.0. The van der Waals surface area contributed by atoms with E-state index < -0.39 is 0 Å². The first-order chi connectivity index (χ1) is 13.9. The highest BCUT2D eigenvalue weighted by atomic mass is 35.5. The van der Waals surface area contributed by atoms with Crippen LogP contribution < -0.4 is 10.9 Å². The molecule has 4 rings (SSSR count). The number of halogens is 1. The van der Waals surface area contributed by atoms with Crippen molar-refractivity contribution < 1.29 is 4.79 Å². The second kappa shape index (κ2) is 7.52. The van der Waals surface area contributed by atoms with E-state index in [9.17, 15) is 9.59 Å². The van der Waals surface area contributed by atoms with E-state index in [1.807, 2.05) is 31.2 Å². The monoisotopic (exact) mass is 407 g/mol. The summed E-state index contributed by atoms with van der Waals surface area (Å²) in [4.78, 5) is 25.6. The highest BCUT2D eigenvalue weighted by Gasteiger charge is 2.17. The lowest BCUT2D eigenvalue weighted by Crippen LogP contribution is -2.31. The summed E-state index contributed by atoms with van der Waals surface area (Å²) in [6.07, 6.45) is 1.63. The van der Waals surface area contributed by atoms with E-state index in [1.54, 1.807) is 42.1 Å². The topological polar surface area (TPSA) is 81.8 Å². The summed E-state index contributed by atoms with van der Waals surface area (Å²) in [5.41, 5.74) is 3.03. The van der Waals surface area contributed by atoms with E-state index >= 15 is 0 Å². The Kier molecular flexibility index (Phi) is 4.90. The molecule has 0 bridgehead atoms. The standard InChI is InChI=1S/C21H18ClN5O2/c1-13-5-3-4-6-18(13)27-20-17(11-23-27)14(2)25-26(21(20)29)12-19(28)24-16-9-7-15(22)8-10-16/h3-11H,12H2,1-2H3,(H,24,28). The Bertz CT molecular complexity index is 1270. The molecule has 0 spiro atoms. The van der Waals surface area contributed by atoms with Gasteiger partial charge in [-0.3, -0.25) is 9.59 Å². The molecule has 2 heterocycles. The second-order valence-corrected chi connectivity index (χ2v) is 7.14. The van der Waals surface area contributed by atoms with Gasteiger partial charge in [0.15, 0.2) is 0 Å². The van der Waals surface area contributed by atoms with E-state index in [1.165, 1.54) is 4.68 Å². The van der Waals surface area contributed by atoms with E-state index in [-0.39, 0.29) is 18.0 Å². The van der Waals surface area contributed by atoms with Gasteiger partial charge in [-0.25, -0.2) is 9.36 Å². The molecule has 8 heteroatoms. The van der Waals surface area contributed by atoms with Gasteiger partial charge in [0.1, 0.15) is 12.1 Å². The number of nitrogens with zero attached hydrogens (tertiary/aromatic N) is 4. The van der Waals surface area contributed by atoms with E-state index in [0.29, 0.717) is 27.3 Å². The van der Waals surface area contributed by atoms with Crippen LogP contribution in [-0.2, 0) is 11.3 Å². The van der Waals surface area contributed by atoms with Gasteiger partial charge < -0.3 is 5.32 Å². The van der Waals surface area contributed by atoms with Crippen molar-refractivity contribution >= 4 is 34.1 Å². The number of carbonyl (C=O) groups excluding carboxylic acids is 1. The highest BCUT2D eigenvalue weighted by Crippen LogP contribution is 2.19. The molecule has 0 unspecified atom stereocenters. The molecule has 29 heavy (non-hydrogen) atoms. The van der Waals surface area contributed by atoms with Crippen molar-refractivity contribution in [3.63, 3.8) is 0 Å². The van der Waals surface area contributed by atoms with Crippen molar-refractivity contribution in [3.8, 4) is 5.69 Å². The molecule has 2 aromatic heterocycles. The fourth-order valence-corrected chi connectivity index (χ4v) is 3.31. The molecule has 0 fully saturated rings. The third kappa shape index (κ3) is 3.64. The van der Waals surface area contributed by atoms with Gasteiger partial charge in [-0.15, -0.1) is 0 Å². The molecule has 0 atom stereocenters. The van der Waals surface area contributed by atoms with Gasteiger partial charge in [0, 0.05) is 16.1 Å². The van der Waals surface area contributed by atoms with Crippen molar-refractivity contribution in [2.75, 3.05) is 5.32 Å². The number of nitrogens with one attached hydrogen (secondary N) is 1. The van der Waals surface area contributed by atoms with Crippen molar-refractivity contribution in [1.29, 1.82) is 0 Å². The molecule has 2 aromatic carbocycles. The van der Waals surface area contributed by atoms with Crippen LogP contribution in [0.1, 0.15) is 11.3 Å². The largest absolute Gasteiger partial charge is 0.324 e. The van der Waals surface area contributed by atoms with Crippen molar-refractivity contribution in [3.05, 3.63) is 81.4 Å². The van der Waals surface area contributed by atoms with Crippen LogP contribution in [0.4, 0.5) is 5.69 Å². The maximum absolute atomic E-state index is 13.1. The number of benzene rings is 2. The fourth-order valence-electron chi connectivity index (χ4n) is 3.18. The zero-order valence-corrected chi connectivity index (χ0v) is 16.6. The van der Waals surface area contributed by atoms with Gasteiger partial charge in [-0.2, -0.15) is 10.2 Å². The summed E-state index contributed by atoms with van der Waals surface area (Å²) >= 11 is 5.86. The Labute approximate surface area is 171 Å². The Hall–Kier alpha value is -3.45. The average Bonchev–Trinajstić information content (AvgIpc) is 3.14. The lowest BCUT2D eigenvalue weighted by Gasteiger charge is -2.10. The molecule has 0 saturated carbocycles. The number of rotatable bonds is 4. The van der Waals surface area contributed by atoms with Gasteiger partial charge in [-0.05, 0) is 49.7 Å². The predicted octanol–water partition coefficient (Wildman–Crippen LogP) is 3.49.